The van der Waals surface area contributed by atoms with Gasteiger partial charge in [-0.05, 0) is 103 Å². The van der Waals surface area contributed by atoms with Crippen molar-refractivity contribution in [1.82, 2.24) is 9.80 Å². The Bertz CT molecular complexity index is 1530. The van der Waals surface area contributed by atoms with Crippen molar-refractivity contribution >= 4 is 52.9 Å². The Kier molecular flexibility index (Phi) is 16.6. The van der Waals surface area contributed by atoms with Crippen molar-refractivity contribution in [1.29, 1.82) is 0 Å². The highest BCUT2D eigenvalue weighted by molar-refractivity contribution is 7.98. The van der Waals surface area contributed by atoms with Crippen LogP contribution in [0, 0.1) is 0 Å². The summed E-state index contributed by atoms with van der Waals surface area (Å²) in [6.07, 6.45) is -3.91. The smallest absolute Gasteiger partial charge is 0.417 e. The van der Waals surface area contributed by atoms with Gasteiger partial charge < -0.3 is 30.3 Å². The van der Waals surface area contributed by atoms with Gasteiger partial charge in [-0.1, -0.05) is 0 Å². The predicted molar refractivity (Wildman–Crippen MR) is 197 cm³/mol. The number of carbonyl (C=O) groups is 3. The van der Waals surface area contributed by atoms with Crippen LogP contribution in [0.4, 0.5) is 47.3 Å². The third-order valence-corrected chi connectivity index (χ3v) is 9.12. The molecule has 298 valence electrons. The number of thioether (sulfide) groups is 2. The fraction of sp³-hybridized carbons (Fsp3) is 0.583. The largest absolute Gasteiger partial charge is 0.444 e. The van der Waals surface area contributed by atoms with Crippen LogP contribution in [0.5, 0.6) is 0 Å². The molecule has 0 unspecified atom stereocenters. The van der Waals surface area contributed by atoms with E-state index in [0.29, 0.717) is 57.5 Å². The second-order valence-electron chi connectivity index (χ2n) is 14.3. The van der Waals surface area contributed by atoms with Gasteiger partial charge in [0.15, 0.2) is 0 Å². The predicted octanol–water partition coefficient (Wildman–Crippen LogP) is 9.83. The molecule has 4 rings (SSSR count). The number of nitrogens with zero attached hydrogens (tertiary/aromatic N) is 2. The van der Waals surface area contributed by atoms with Crippen molar-refractivity contribution in [2.45, 2.75) is 107 Å². The number of nitrogen functional groups attached to an aromatic ring is 1. The molecule has 0 saturated carbocycles. The summed E-state index contributed by atoms with van der Waals surface area (Å²) >= 11 is 2.13. The van der Waals surface area contributed by atoms with E-state index in [1.54, 1.807) is 28.4 Å². The number of hydrogen-bond donors (Lipinski definition) is 2. The standard InChI is InChI=1S/C18H25F3N2O2S.C10H17NO3.C8H8F3NS/c1-17(2,3)25-16(24)23-9-7-12(8-10-23)22-13-5-6-15(26-4)14(11-13)18(19,20)21;1-10(2,3)14-9(13)11-6-4-8(12)5-7-11;1-13-7-3-2-5(12)4-6(7)8(9,10)11/h5-6,11-12,22H,7-10H2,1-4H3;4-7H2,1-3H3;2-4H,12H2,1H3. The number of hydrogen-bond acceptors (Lipinski definition) is 9. The van der Waals surface area contributed by atoms with Crippen LogP contribution in [-0.2, 0) is 26.6 Å². The van der Waals surface area contributed by atoms with Crippen LogP contribution in [0.3, 0.4) is 0 Å². The number of nitrogens with two attached hydrogens (primary N) is 1. The lowest BCUT2D eigenvalue weighted by molar-refractivity contribution is -0.140. The van der Waals surface area contributed by atoms with E-state index in [1.807, 2.05) is 41.5 Å². The van der Waals surface area contributed by atoms with Gasteiger partial charge in [-0.15, -0.1) is 23.5 Å². The zero-order chi connectivity index (χ0) is 40.4. The van der Waals surface area contributed by atoms with Gasteiger partial charge in [0.1, 0.15) is 17.0 Å². The highest BCUT2D eigenvalue weighted by Crippen LogP contribution is 2.38. The molecule has 2 heterocycles. The highest BCUT2D eigenvalue weighted by Gasteiger charge is 2.35. The topological polar surface area (TPSA) is 114 Å². The minimum atomic E-state index is -4.38. The van der Waals surface area contributed by atoms with E-state index in [1.165, 1.54) is 18.2 Å². The van der Waals surface area contributed by atoms with Crippen molar-refractivity contribution in [2.75, 3.05) is 49.7 Å². The number of likely N-dealkylation sites (tertiary alicyclic amines) is 2. The first-order chi connectivity index (χ1) is 24.3. The van der Waals surface area contributed by atoms with E-state index in [2.05, 4.69) is 5.32 Å². The number of Topliss-reactive ketones (excluding diaryl/α,β-unsaturated/α-hetero) is 1. The van der Waals surface area contributed by atoms with Gasteiger partial charge in [0.05, 0.1) is 11.1 Å². The average Bonchev–Trinajstić information content (AvgIpc) is 3.03. The molecule has 2 amide bonds. The van der Waals surface area contributed by atoms with E-state index < -0.39 is 34.7 Å². The van der Waals surface area contributed by atoms with Gasteiger partial charge in [-0.2, -0.15) is 26.3 Å². The monoisotopic (exact) mass is 796 g/mol. The second kappa shape index (κ2) is 19.2. The summed E-state index contributed by atoms with van der Waals surface area (Å²) in [4.78, 5) is 38.1. The Morgan fingerprint density at radius 2 is 1.13 bits per heavy atom. The Hall–Kier alpha value is -3.47. The Morgan fingerprint density at radius 1 is 0.717 bits per heavy atom. The summed E-state index contributed by atoms with van der Waals surface area (Å²) < 4.78 is 87.1. The van der Waals surface area contributed by atoms with Gasteiger partial charge in [0.2, 0.25) is 0 Å². The van der Waals surface area contributed by atoms with Crippen LogP contribution < -0.4 is 11.1 Å². The lowest BCUT2D eigenvalue weighted by Crippen LogP contribution is -2.44. The van der Waals surface area contributed by atoms with Crippen molar-refractivity contribution in [3.63, 3.8) is 0 Å². The molecular formula is C36H50F6N4O5S2. The van der Waals surface area contributed by atoms with Gasteiger partial charge >= 0.3 is 24.5 Å². The molecular weight excluding hydrogens is 747 g/mol. The Balaban J connectivity index is 0.000000303. The number of halogens is 6. The zero-order valence-electron chi connectivity index (χ0n) is 31.3. The van der Waals surface area contributed by atoms with E-state index in [4.69, 9.17) is 15.2 Å². The molecule has 2 aromatic carbocycles. The molecule has 2 aromatic rings. The number of ketones is 1. The molecule has 3 N–H and O–H groups in total. The number of anilines is 2. The first-order valence-electron chi connectivity index (χ1n) is 16.8. The molecule has 2 fully saturated rings. The van der Waals surface area contributed by atoms with Crippen LogP contribution in [-0.4, -0.2) is 83.7 Å². The molecule has 2 saturated heterocycles. The molecule has 0 aromatic heterocycles. The summed E-state index contributed by atoms with van der Waals surface area (Å²) in [6, 6.07) is 8.13. The zero-order valence-corrected chi connectivity index (χ0v) is 32.9. The summed E-state index contributed by atoms with van der Waals surface area (Å²) in [6.45, 7) is 13.0. The van der Waals surface area contributed by atoms with E-state index >= 15 is 0 Å². The van der Waals surface area contributed by atoms with Gasteiger partial charge in [-0.3, -0.25) is 4.79 Å². The molecule has 0 bridgehead atoms. The number of amides is 2. The number of alkyl halides is 6. The average molecular weight is 797 g/mol. The molecule has 0 aliphatic carbocycles. The summed E-state index contributed by atoms with van der Waals surface area (Å²) in [5.41, 5.74) is 3.56. The summed E-state index contributed by atoms with van der Waals surface area (Å²) in [7, 11) is 0. The van der Waals surface area contributed by atoms with Crippen molar-refractivity contribution in [3.05, 3.63) is 47.5 Å². The molecule has 9 nitrogen and oxygen atoms in total. The second-order valence-corrected chi connectivity index (χ2v) is 16.0. The summed E-state index contributed by atoms with van der Waals surface area (Å²) in [5.74, 6) is 0.227. The fourth-order valence-electron chi connectivity index (χ4n) is 5.00. The van der Waals surface area contributed by atoms with E-state index in [0.717, 1.165) is 35.7 Å². The number of benzene rings is 2. The molecule has 0 atom stereocenters. The first-order valence-corrected chi connectivity index (χ1v) is 19.3. The minimum absolute atomic E-state index is 0.0231. The Labute approximate surface area is 316 Å². The maximum atomic E-state index is 13.2. The van der Waals surface area contributed by atoms with Crippen LogP contribution in [0.15, 0.2) is 46.2 Å². The molecule has 0 spiro atoms. The molecule has 53 heavy (non-hydrogen) atoms. The quantitative estimate of drug-likeness (QED) is 0.177. The van der Waals surface area contributed by atoms with Crippen LogP contribution in [0.2, 0.25) is 0 Å². The number of ether oxygens (including phenoxy) is 2. The number of rotatable bonds is 4. The van der Waals surface area contributed by atoms with Crippen molar-refractivity contribution in [3.8, 4) is 0 Å². The van der Waals surface area contributed by atoms with Gasteiger partial charge in [0.25, 0.3) is 0 Å². The summed E-state index contributed by atoms with van der Waals surface area (Å²) in [5, 5.41) is 3.16. The number of piperidine rings is 2. The molecule has 0 radical (unpaired) electrons. The van der Waals surface area contributed by atoms with Crippen molar-refractivity contribution in [2.24, 2.45) is 0 Å². The third-order valence-electron chi connectivity index (χ3n) is 7.52. The van der Waals surface area contributed by atoms with Crippen LogP contribution >= 0.6 is 23.5 Å². The molecule has 2 aliphatic heterocycles. The van der Waals surface area contributed by atoms with Crippen LogP contribution in [0.1, 0.15) is 78.4 Å². The number of nitrogens with one attached hydrogen (secondary N) is 1. The lowest BCUT2D eigenvalue weighted by atomic mass is 10.0. The lowest BCUT2D eigenvalue weighted by Gasteiger charge is -2.34. The Morgan fingerprint density at radius 3 is 1.55 bits per heavy atom. The third kappa shape index (κ3) is 16.2. The van der Waals surface area contributed by atoms with Gasteiger partial charge in [-0.25, -0.2) is 9.59 Å². The maximum Gasteiger partial charge on any atom is 0.417 e. The maximum absolute atomic E-state index is 13.2. The first kappa shape index (κ1) is 45.7. The van der Waals surface area contributed by atoms with Crippen molar-refractivity contribution < 1.29 is 50.2 Å². The van der Waals surface area contributed by atoms with Crippen LogP contribution in [0.25, 0.3) is 0 Å². The molecule has 17 heteroatoms. The highest BCUT2D eigenvalue weighted by atomic mass is 32.2. The fourth-order valence-corrected chi connectivity index (χ4v) is 6.20. The number of carbonyl (C=O) groups excluding carboxylic acids is 3. The molecule has 2 aliphatic rings. The van der Waals surface area contributed by atoms with Gasteiger partial charge in [0, 0.05) is 66.2 Å². The van der Waals surface area contributed by atoms with E-state index in [9.17, 15) is 40.7 Å². The SMILES string of the molecule is CC(C)(C)OC(=O)N1CCC(=O)CC1.CSc1ccc(N)cc1C(F)(F)F.CSc1ccc(NC2CCN(C(=O)OC(C)(C)C)CC2)cc1C(F)(F)F. The van der Waals surface area contributed by atoms with E-state index in [-0.39, 0.29) is 39.5 Å². The minimum Gasteiger partial charge on any atom is -0.444 e. The normalized spacial score (nSPS) is 15.8.